The quantitative estimate of drug-likeness (QED) is 0.300. The molecule has 0 atom stereocenters. The molecule has 1 heterocycles. The predicted molar refractivity (Wildman–Crippen MR) is 123 cm³/mol. The molecule has 0 saturated carbocycles. The molecule has 0 fully saturated rings. The lowest BCUT2D eigenvalue weighted by Crippen LogP contribution is -2.18. The molecule has 3 nitrogen and oxygen atoms in total. The average Bonchev–Trinajstić information content (AvgIpc) is 3.00. The highest BCUT2D eigenvalue weighted by molar-refractivity contribution is 9.10. The van der Waals surface area contributed by atoms with Crippen molar-refractivity contribution in [2.24, 2.45) is 4.99 Å². The van der Waals surface area contributed by atoms with Crippen molar-refractivity contribution < 1.29 is 4.79 Å². The van der Waals surface area contributed by atoms with E-state index >= 15 is 0 Å². The number of benzene rings is 2. The first-order chi connectivity index (χ1) is 13.2. The highest BCUT2D eigenvalue weighted by Gasteiger charge is 2.08. The Hall–Kier alpha value is -1.02. The molecule has 1 aromatic heterocycles. The van der Waals surface area contributed by atoms with Crippen LogP contribution in [0.2, 0.25) is 0 Å². The van der Waals surface area contributed by atoms with Crippen LogP contribution in [0.25, 0.3) is 10.2 Å². The molecule has 0 bridgehead atoms. The Morgan fingerprint density at radius 3 is 2.78 bits per heavy atom. The van der Waals surface area contributed by atoms with Crippen LogP contribution >= 0.6 is 50.8 Å². The molecule has 3 aromatic rings. The van der Waals surface area contributed by atoms with E-state index in [1.165, 1.54) is 4.90 Å². The summed E-state index contributed by atoms with van der Waals surface area (Å²) in [6, 6.07) is 16.5. The van der Waals surface area contributed by atoms with Gasteiger partial charge in [0, 0.05) is 28.1 Å². The fraction of sp³-hybridized carbons (Fsp3) is 0.300. The van der Waals surface area contributed by atoms with E-state index in [-0.39, 0.29) is 5.91 Å². The first kappa shape index (κ1) is 20.7. The van der Waals surface area contributed by atoms with Crippen molar-refractivity contribution in [2.45, 2.75) is 24.3 Å². The Labute approximate surface area is 180 Å². The molecule has 0 spiro atoms. The van der Waals surface area contributed by atoms with Gasteiger partial charge in [0.05, 0.1) is 10.2 Å². The standard InChI is InChI=1S/C20H21BrN2OS3/c1-25-13-11-23-17-10-9-15(21)14-18(17)27-20(23)22-19(24)8-5-12-26-16-6-3-2-4-7-16/h2-4,6-7,9-10,14H,5,8,11-13H2,1H3. The van der Waals surface area contributed by atoms with Crippen LogP contribution in [0.1, 0.15) is 12.8 Å². The van der Waals surface area contributed by atoms with Crippen LogP contribution < -0.4 is 4.80 Å². The maximum absolute atomic E-state index is 12.4. The molecule has 0 saturated heterocycles. The molecule has 1 amide bonds. The lowest BCUT2D eigenvalue weighted by atomic mass is 10.3. The van der Waals surface area contributed by atoms with Gasteiger partial charge in [-0.1, -0.05) is 45.5 Å². The van der Waals surface area contributed by atoms with Crippen molar-refractivity contribution in [1.29, 1.82) is 0 Å². The number of thiazole rings is 1. The predicted octanol–water partition coefficient (Wildman–Crippen LogP) is 5.83. The Morgan fingerprint density at radius 2 is 2.00 bits per heavy atom. The van der Waals surface area contributed by atoms with Crippen LogP contribution in [0.5, 0.6) is 0 Å². The maximum atomic E-state index is 12.4. The second-order valence-electron chi connectivity index (χ2n) is 5.91. The van der Waals surface area contributed by atoms with E-state index in [0.717, 1.165) is 44.0 Å². The summed E-state index contributed by atoms with van der Waals surface area (Å²) in [7, 11) is 0. The Balaban J connectivity index is 1.69. The van der Waals surface area contributed by atoms with Crippen LogP contribution in [-0.2, 0) is 11.3 Å². The molecular formula is C20H21BrN2OS3. The highest BCUT2D eigenvalue weighted by atomic mass is 79.9. The zero-order chi connectivity index (χ0) is 19.1. The van der Waals surface area contributed by atoms with Gasteiger partial charge in [-0.2, -0.15) is 16.8 Å². The second kappa shape index (κ2) is 10.5. The molecule has 27 heavy (non-hydrogen) atoms. The average molecular weight is 482 g/mol. The molecule has 0 N–H and O–H groups in total. The topological polar surface area (TPSA) is 34.4 Å². The number of hydrogen-bond donors (Lipinski definition) is 0. The third-order valence-electron chi connectivity index (χ3n) is 3.93. The largest absolute Gasteiger partial charge is 0.316 e. The number of nitrogens with zero attached hydrogens (tertiary/aromatic N) is 2. The normalized spacial score (nSPS) is 12.0. The molecule has 3 rings (SSSR count). The Kier molecular flexibility index (Phi) is 8.06. The minimum Gasteiger partial charge on any atom is -0.316 e. The molecule has 2 aromatic carbocycles. The van der Waals surface area contributed by atoms with Gasteiger partial charge in [-0.05, 0) is 48.8 Å². The summed E-state index contributed by atoms with van der Waals surface area (Å²) in [4.78, 5) is 18.9. The van der Waals surface area contributed by atoms with E-state index in [0.29, 0.717) is 6.42 Å². The number of thioether (sulfide) groups is 2. The van der Waals surface area contributed by atoms with Crippen molar-refractivity contribution in [3.8, 4) is 0 Å². The Morgan fingerprint density at radius 1 is 1.19 bits per heavy atom. The summed E-state index contributed by atoms with van der Waals surface area (Å²) in [6.45, 7) is 0.860. The number of rotatable bonds is 8. The van der Waals surface area contributed by atoms with Crippen LogP contribution in [0.3, 0.4) is 0 Å². The van der Waals surface area contributed by atoms with E-state index in [1.807, 2.05) is 24.3 Å². The van der Waals surface area contributed by atoms with Gasteiger partial charge in [-0.15, -0.1) is 11.8 Å². The molecular weight excluding hydrogens is 460 g/mol. The maximum Gasteiger partial charge on any atom is 0.248 e. The summed E-state index contributed by atoms with van der Waals surface area (Å²) >= 11 is 8.69. The summed E-state index contributed by atoms with van der Waals surface area (Å²) in [5.74, 6) is 1.89. The molecule has 0 aliphatic rings. The number of carbonyl (C=O) groups excluding carboxylic acids is 1. The molecule has 0 radical (unpaired) electrons. The van der Waals surface area contributed by atoms with Crippen molar-refractivity contribution in [1.82, 2.24) is 4.57 Å². The third-order valence-corrected chi connectivity index (χ3v) is 7.15. The fourth-order valence-electron chi connectivity index (χ4n) is 2.62. The zero-order valence-corrected chi connectivity index (χ0v) is 19.1. The van der Waals surface area contributed by atoms with Crippen LogP contribution in [0, 0.1) is 0 Å². The van der Waals surface area contributed by atoms with E-state index < -0.39 is 0 Å². The number of aryl methyl sites for hydroxylation is 1. The van der Waals surface area contributed by atoms with Crippen molar-refractivity contribution in [3.63, 3.8) is 0 Å². The first-order valence-electron chi connectivity index (χ1n) is 8.70. The van der Waals surface area contributed by atoms with Gasteiger partial charge < -0.3 is 4.57 Å². The first-order valence-corrected chi connectivity index (χ1v) is 12.7. The third kappa shape index (κ3) is 5.98. The number of aromatic nitrogens is 1. The van der Waals surface area contributed by atoms with Gasteiger partial charge >= 0.3 is 0 Å². The smallest absolute Gasteiger partial charge is 0.248 e. The monoisotopic (exact) mass is 480 g/mol. The van der Waals surface area contributed by atoms with Gasteiger partial charge in [-0.25, -0.2) is 0 Å². The van der Waals surface area contributed by atoms with Crippen LogP contribution in [0.15, 0.2) is 62.9 Å². The highest BCUT2D eigenvalue weighted by Crippen LogP contribution is 2.23. The Bertz CT molecular complexity index is 966. The summed E-state index contributed by atoms with van der Waals surface area (Å²) in [5, 5.41) is 0. The second-order valence-corrected chi connectivity index (χ2v) is 9.99. The number of hydrogen-bond acceptors (Lipinski definition) is 4. The van der Waals surface area contributed by atoms with Crippen molar-refractivity contribution in [3.05, 3.63) is 57.8 Å². The number of fused-ring (bicyclic) bond motifs is 1. The lowest BCUT2D eigenvalue weighted by molar-refractivity contribution is -0.118. The molecule has 142 valence electrons. The van der Waals surface area contributed by atoms with E-state index in [1.54, 1.807) is 34.9 Å². The van der Waals surface area contributed by atoms with Gasteiger partial charge in [0.1, 0.15) is 0 Å². The molecule has 0 unspecified atom stereocenters. The lowest BCUT2D eigenvalue weighted by Gasteiger charge is -2.04. The SMILES string of the molecule is CSCCn1c(=NC(=O)CCCSc2ccccc2)sc2cc(Br)ccc21. The van der Waals surface area contributed by atoms with Gasteiger partial charge in [0.15, 0.2) is 4.80 Å². The zero-order valence-electron chi connectivity index (χ0n) is 15.1. The van der Waals surface area contributed by atoms with Gasteiger partial charge in [0.2, 0.25) is 5.91 Å². The molecule has 0 aliphatic carbocycles. The van der Waals surface area contributed by atoms with Crippen molar-refractivity contribution in [2.75, 3.05) is 17.8 Å². The minimum atomic E-state index is -0.0350. The number of amides is 1. The van der Waals surface area contributed by atoms with Crippen LogP contribution in [0.4, 0.5) is 0 Å². The van der Waals surface area contributed by atoms with E-state index in [2.05, 4.69) is 56.0 Å². The summed E-state index contributed by atoms with van der Waals surface area (Å²) in [6.07, 6.45) is 3.42. The summed E-state index contributed by atoms with van der Waals surface area (Å²) < 4.78 is 4.36. The number of carbonyl (C=O) groups is 1. The number of halogens is 1. The van der Waals surface area contributed by atoms with E-state index in [4.69, 9.17) is 0 Å². The van der Waals surface area contributed by atoms with Crippen molar-refractivity contribution >= 4 is 66.9 Å². The van der Waals surface area contributed by atoms with Gasteiger partial charge in [-0.3, -0.25) is 4.79 Å². The fourth-order valence-corrected chi connectivity index (χ4v) is 5.49. The van der Waals surface area contributed by atoms with Gasteiger partial charge in [0.25, 0.3) is 0 Å². The molecule has 7 heteroatoms. The minimum absolute atomic E-state index is 0.0350. The van der Waals surface area contributed by atoms with Crippen LogP contribution in [-0.4, -0.2) is 28.2 Å². The molecule has 0 aliphatic heterocycles. The van der Waals surface area contributed by atoms with E-state index in [9.17, 15) is 4.79 Å². The summed E-state index contributed by atoms with van der Waals surface area (Å²) in [5.41, 5.74) is 1.14.